The van der Waals surface area contributed by atoms with Gasteiger partial charge < -0.3 is 10.4 Å². The molecule has 2 rings (SSSR count). The molecular formula is C14H10F2N2O3. The second-order valence-electron chi connectivity index (χ2n) is 4.27. The number of carbonyl (C=O) groups is 2. The van der Waals surface area contributed by atoms with Crippen LogP contribution in [0.15, 0.2) is 30.5 Å². The fourth-order valence-corrected chi connectivity index (χ4v) is 1.65. The zero-order chi connectivity index (χ0) is 15.6. The molecule has 1 aromatic heterocycles. The van der Waals surface area contributed by atoms with Gasteiger partial charge in [-0.25, -0.2) is 18.6 Å². The van der Waals surface area contributed by atoms with Crippen molar-refractivity contribution in [3.63, 3.8) is 0 Å². The summed E-state index contributed by atoms with van der Waals surface area (Å²) in [6.45, 7) is 1.40. The number of amides is 1. The van der Waals surface area contributed by atoms with Crippen molar-refractivity contribution in [3.05, 3.63) is 58.9 Å². The molecule has 0 aliphatic rings. The lowest BCUT2D eigenvalue weighted by Gasteiger charge is -2.08. The molecule has 1 amide bonds. The summed E-state index contributed by atoms with van der Waals surface area (Å²) in [4.78, 5) is 26.3. The molecule has 0 spiro atoms. The van der Waals surface area contributed by atoms with E-state index in [0.29, 0.717) is 6.07 Å². The number of carbonyl (C=O) groups excluding carboxylic acids is 1. The van der Waals surface area contributed by atoms with E-state index in [0.717, 1.165) is 12.1 Å². The van der Waals surface area contributed by atoms with Crippen molar-refractivity contribution >= 4 is 17.6 Å². The molecule has 0 aliphatic carbocycles. The average molecular weight is 292 g/mol. The van der Waals surface area contributed by atoms with Gasteiger partial charge >= 0.3 is 5.97 Å². The van der Waals surface area contributed by atoms with Gasteiger partial charge in [-0.05, 0) is 30.7 Å². The minimum atomic E-state index is -1.25. The van der Waals surface area contributed by atoms with Crippen LogP contribution < -0.4 is 5.32 Å². The van der Waals surface area contributed by atoms with Gasteiger partial charge in [0.2, 0.25) is 0 Å². The Hall–Kier alpha value is -2.83. The number of aromatic nitrogens is 1. The third kappa shape index (κ3) is 3.19. The van der Waals surface area contributed by atoms with Gasteiger partial charge in [0.25, 0.3) is 5.91 Å². The molecule has 0 fully saturated rings. The summed E-state index contributed by atoms with van der Waals surface area (Å²) in [5.74, 6) is -3.81. The predicted octanol–water partition coefficient (Wildman–Crippen LogP) is 2.62. The first-order valence-electron chi connectivity index (χ1n) is 5.85. The summed E-state index contributed by atoms with van der Waals surface area (Å²) in [5, 5.41) is 11.1. The van der Waals surface area contributed by atoms with Crippen molar-refractivity contribution in [2.24, 2.45) is 0 Å². The third-order valence-electron chi connectivity index (χ3n) is 2.73. The van der Waals surface area contributed by atoms with Crippen LogP contribution >= 0.6 is 0 Å². The highest BCUT2D eigenvalue weighted by Crippen LogP contribution is 2.16. The monoisotopic (exact) mass is 292 g/mol. The minimum Gasteiger partial charge on any atom is -0.477 e. The number of aromatic carboxylic acids is 1. The SMILES string of the molecule is Cc1cc(C(=O)Nc2ccnc(C(=O)O)c2)c(F)cc1F. The molecule has 0 atom stereocenters. The Kier molecular flexibility index (Phi) is 3.93. The number of rotatable bonds is 3. The number of nitrogens with one attached hydrogen (secondary N) is 1. The highest BCUT2D eigenvalue weighted by Gasteiger charge is 2.15. The first-order chi connectivity index (χ1) is 9.88. The fraction of sp³-hybridized carbons (Fsp3) is 0.0714. The van der Waals surface area contributed by atoms with E-state index in [1.807, 2.05) is 0 Å². The van der Waals surface area contributed by atoms with E-state index in [-0.39, 0.29) is 22.5 Å². The van der Waals surface area contributed by atoms with E-state index in [1.54, 1.807) is 0 Å². The molecule has 2 N–H and O–H groups in total. The second kappa shape index (κ2) is 5.66. The molecule has 0 saturated heterocycles. The number of halogens is 2. The second-order valence-corrected chi connectivity index (χ2v) is 4.27. The summed E-state index contributed by atoms with van der Waals surface area (Å²) in [7, 11) is 0. The maximum atomic E-state index is 13.6. The van der Waals surface area contributed by atoms with E-state index in [4.69, 9.17) is 5.11 Å². The van der Waals surface area contributed by atoms with Crippen LogP contribution in [0.3, 0.4) is 0 Å². The van der Waals surface area contributed by atoms with Crippen LogP contribution in [0.5, 0.6) is 0 Å². The number of aryl methyl sites for hydroxylation is 1. The Bertz CT molecular complexity index is 732. The summed E-state index contributed by atoms with van der Waals surface area (Å²) in [6, 6.07) is 4.20. The largest absolute Gasteiger partial charge is 0.477 e. The Balaban J connectivity index is 2.28. The molecule has 0 radical (unpaired) electrons. The van der Waals surface area contributed by atoms with Gasteiger partial charge in [0, 0.05) is 18.0 Å². The van der Waals surface area contributed by atoms with Crippen LogP contribution in [0.1, 0.15) is 26.4 Å². The molecule has 5 nitrogen and oxygen atoms in total. The van der Waals surface area contributed by atoms with Crippen LogP contribution in [0.4, 0.5) is 14.5 Å². The average Bonchev–Trinajstić information content (AvgIpc) is 2.43. The summed E-state index contributed by atoms with van der Waals surface area (Å²) in [5.41, 5.74) is -0.317. The molecule has 7 heteroatoms. The van der Waals surface area contributed by atoms with E-state index < -0.39 is 23.5 Å². The van der Waals surface area contributed by atoms with Crippen LogP contribution in [-0.2, 0) is 0 Å². The topological polar surface area (TPSA) is 79.3 Å². The molecule has 108 valence electrons. The lowest BCUT2D eigenvalue weighted by molar-refractivity contribution is 0.0690. The normalized spacial score (nSPS) is 10.2. The molecule has 0 saturated carbocycles. The van der Waals surface area contributed by atoms with Crippen LogP contribution in [0.2, 0.25) is 0 Å². The molecule has 21 heavy (non-hydrogen) atoms. The van der Waals surface area contributed by atoms with Crippen molar-refractivity contribution in [1.82, 2.24) is 4.98 Å². The number of benzene rings is 1. The highest BCUT2D eigenvalue weighted by molar-refractivity contribution is 6.05. The number of carboxylic acids is 1. The minimum absolute atomic E-state index is 0.127. The number of hydrogen-bond acceptors (Lipinski definition) is 3. The first kappa shape index (κ1) is 14.6. The van der Waals surface area contributed by atoms with E-state index in [2.05, 4.69) is 10.3 Å². The van der Waals surface area contributed by atoms with E-state index in [1.165, 1.54) is 19.2 Å². The van der Waals surface area contributed by atoms with E-state index >= 15 is 0 Å². The highest BCUT2D eigenvalue weighted by atomic mass is 19.1. The van der Waals surface area contributed by atoms with Gasteiger partial charge in [-0.2, -0.15) is 0 Å². The van der Waals surface area contributed by atoms with Gasteiger partial charge in [0.15, 0.2) is 0 Å². The summed E-state index contributed by atoms with van der Waals surface area (Å²) >= 11 is 0. The maximum Gasteiger partial charge on any atom is 0.354 e. The fourth-order valence-electron chi connectivity index (χ4n) is 1.65. The smallest absolute Gasteiger partial charge is 0.354 e. The lowest BCUT2D eigenvalue weighted by atomic mass is 10.1. The molecule has 0 aliphatic heterocycles. The van der Waals surface area contributed by atoms with E-state index in [9.17, 15) is 18.4 Å². The van der Waals surface area contributed by atoms with Gasteiger partial charge in [-0.1, -0.05) is 0 Å². The number of nitrogens with zero attached hydrogens (tertiary/aromatic N) is 1. The Labute approximate surface area is 118 Å². The zero-order valence-electron chi connectivity index (χ0n) is 10.9. The molecular weight excluding hydrogens is 282 g/mol. The van der Waals surface area contributed by atoms with Gasteiger partial charge in [0.05, 0.1) is 5.56 Å². The Morgan fingerprint density at radius 1 is 1.19 bits per heavy atom. The van der Waals surface area contributed by atoms with Crippen molar-refractivity contribution in [1.29, 1.82) is 0 Å². The lowest BCUT2D eigenvalue weighted by Crippen LogP contribution is -2.15. The third-order valence-corrected chi connectivity index (χ3v) is 2.73. The molecule has 0 unspecified atom stereocenters. The number of pyridine rings is 1. The number of anilines is 1. The molecule has 0 bridgehead atoms. The Morgan fingerprint density at radius 3 is 2.57 bits per heavy atom. The van der Waals surface area contributed by atoms with Crippen LogP contribution in [0, 0.1) is 18.6 Å². The summed E-state index contributed by atoms with van der Waals surface area (Å²) in [6.07, 6.45) is 1.20. The molecule has 1 aromatic carbocycles. The molecule has 2 aromatic rings. The van der Waals surface area contributed by atoms with Crippen molar-refractivity contribution in [2.75, 3.05) is 5.32 Å². The maximum absolute atomic E-state index is 13.6. The van der Waals surface area contributed by atoms with Gasteiger partial charge in [0.1, 0.15) is 17.3 Å². The first-order valence-corrected chi connectivity index (χ1v) is 5.85. The number of carboxylic acid groups (broad SMARTS) is 1. The van der Waals surface area contributed by atoms with Crippen LogP contribution in [0.25, 0.3) is 0 Å². The quantitative estimate of drug-likeness (QED) is 0.911. The molecule has 1 heterocycles. The number of hydrogen-bond donors (Lipinski definition) is 2. The standard InChI is InChI=1S/C14H10F2N2O3/c1-7-4-9(11(16)6-10(7)15)13(19)18-8-2-3-17-12(5-8)14(20)21/h2-6H,1H3,(H,20,21)(H,17,18,19). The zero-order valence-corrected chi connectivity index (χ0v) is 10.9. The van der Waals surface area contributed by atoms with Gasteiger partial charge in [-0.3, -0.25) is 4.79 Å². The van der Waals surface area contributed by atoms with Crippen molar-refractivity contribution in [2.45, 2.75) is 6.92 Å². The van der Waals surface area contributed by atoms with Crippen molar-refractivity contribution < 1.29 is 23.5 Å². The summed E-state index contributed by atoms with van der Waals surface area (Å²) < 4.78 is 26.7. The van der Waals surface area contributed by atoms with Gasteiger partial charge in [-0.15, -0.1) is 0 Å². The van der Waals surface area contributed by atoms with Crippen molar-refractivity contribution in [3.8, 4) is 0 Å². The predicted molar refractivity (Wildman–Crippen MR) is 70.2 cm³/mol. The van der Waals surface area contributed by atoms with Crippen LogP contribution in [-0.4, -0.2) is 22.0 Å². The Morgan fingerprint density at radius 2 is 1.90 bits per heavy atom.